The lowest BCUT2D eigenvalue weighted by Gasteiger charge is -2.18. The number of hydrogen-bond acceptors (Lipinski definition) is 5. The summed E-state index contributed by atoms with van der Waals surface area (Å²) in [6, 6.07) is 12.6. The zero-order valence-electron chi connectivity index (χ0n) is 13.5. The third-order valence-electron chi connectivity index (χ3n) is 3.64. The third-order valence-corrected chi connectivity index (χ3v) is 3.64. The Hall–Kier alpha value is -3.02. The topological polar surface area (TPSA) is 69.2 Å². The molecule has 0 atom stereocenters. The van der Waals surface area contributed by atoms with Crippen LogP contribution >= 0.6 is 0 Å². The van der Waals surface area contributed by atoms with E-state index >= 15 is 0 Å². The van der Waals surface area contributed by atoms with Gasteiger partial charge in [0, 0.05) is 5.56 Å². The summed E-state index contributed by atoms with van der Waals surface area (Å²) >= 11 is 0. The number of hydrogen-bond donors (Lipinski definition) is 1. The summed E-state index contributed by atoms with van der Waals surface area (Å²) in [7, 11) is 1.52. The second kappa shape index (κ2) is 7.04. The Balaban J connectivity index is 1.75. The molecule has 1 amide bonds. The van der Waals surface area contributed by atoms with Gasteiger partial charge in [0.15, 0.2) is 11.5 Å². The van der Waals surface area contributed by atoms with Crippen LogP contribution in [-0.4, -0.2) is 31.9 Å². The van der Waals surface area contributed by atoms with Gasteiger partial charge in [0.1, 0.15) is 19.0 Å². The van der Waals surface area contributed by atoms with Crippen LogP contribution in [0.5, 0.6) is 17.2 Å². The van der Waals surface area contributed by atoms with Crippen molar-refractivity contribution in [2.45, 2.75) is 6.92 Å². The molecular formula is C18H18N2O4. The first-order chi connectivity index (χ1) is 11.7. The van der Waals surface area contributed by atoms with Crippen molar-refractivity contribution in [2.75, 3.05) is 20.3 Å². The zero-order valence-corrected chi connectivity index (χ0v) is 13.5. The number of benzene rings is 2. The van der Waals surface area contributed by atoms with Crippen molar-refractivity contribution < 1.29 is 19.0 Å². The van der Waals surface area contributed by atoms with E-state index in [4.69, 9.17) is 14.2 Å². The molecule has 1 aliphatic rings. The molecular weight excluding hydrogens is 308 g/mol. The number of rotatable bonds is 4. The van der Waals surface area contributed by atoms with E-state index in [1.54, 1.807) is 24.3 Å². The number of carbonyl (C=O) groups is 1. The Morgan fingerprint density at radius 1 is 1.12 bits per heavy atom. The van der Waals surface area contributed by atoms with Gasteiger partial charge >= 0.3 is 0 Å². The Morgan fingerprint density at radius 3 is 2.67 bits per heavy atom. The molecule has 124 valence electrons. The number of amides is 1. The number of carbonyl (C=O) groups excluding carboxylic acids is 1. The van der Waals surface area contributed by atoms with Gasteiger partial charge in [0.2, 0.25) is 0 Å². The standard InChI is InChI=1S/C18H18N2O4/c1-12(13-7-8-16-17(11-13)24-10-9-23-16)19-20-18(21)14-5-3-4-6-15(14)22-2/h3-8,11H,9-10H2,1-2H3,(H,20,21)/b19-12-. The van der Waals surface area contributed by atoms with Crippen molar-refractivity contribution in [1.82, 2.24) is 5.43 Å². The monoisotopic (exact) mass is 326 g/mol. The highest BCUT2D eigenvalue weighted by molar-refractivity contribution is 6.02. The SMILES string of the molecule is COc1ccccc1C(=O)N/N=C(/C)c1ccc2c(c1)OCCO2. The maximum absolute atomic E-state index is 12.2. The molecule has 6 nitrogen and oxygen atoms in total. The lowest BCUT2D eigenvalue weighted by molar-refractivity contribution is 0.0952. The predicted molar refractivity (Wildman–Crippen MR) is 90.1 cm³/mol. The minimum Gasteiger partial charge on any atom is -0.496 e. The van der Waals surface area contributed by atoms with E-state index < -0.39 is 0 Å². The average Bonchev–Trinajstić information content (AvgIpc) is 2.65. The number of para-hydroxylation sites is 1. The van der Waals surface area contributed by atoms with Gasteiger partial charge in [-0.3, -0.25) is 4.79 Å². The van der Waals surface area contributed by atoms with Crippen LogP contribution in [0.2, 0.25) is 0 Å². The number of ether oxygens (including phenoxy) is 3. The van der Waals surface area contributed by atoms with Gasteiger partial charge in [-0.15, -0.1) is 0 Å². The van der Waals surface area contributed by atoms with Crippen molar-refractivity contribution in [3.63, 3.8) is 0 Å². The minimum atomic E-state index is -0.329. The molecule has 6 heteroatoms. The maximum atomic E-state index is 12.2. The van der Waals surface area contributed by atoms with Crippen LogP contribution in [0.15, 0.2) is 47.6 Å². The van der Waals surface area contributed by atoms with Gasteiger partial charge in [-0.2, -0.15) is 5.10 Å². The smallest absolute Gasteiger partial charge is 0.275 e. The summed E-state index contributed by atoms with van der Waals surface area (Å²) in [6.45, 7) is 2.89. The molecule has 0 aliphatic carbocycles. The van der Waals surface area contributed by atoms with Crippen LogP contribution in [0.1, 0.15) is 22.8 Å². The van der Waals surface area contributed by atoms with Crippen molar-refractivity contribution in [3.05, 3.63) is 53.6 Å². The molecule has 0 saturated heterocycles. The van der Waals surface area contributed by atoms with Gasteiger partial charge in [-0.25, -0.2) is 5.43 Å². The summed E-state index contributed by atoms with van der Waals surface area (Å²) in [5.74, 6) is 1.58. The summed E-state index contributed by atoms with van der Waals surface area (Å²) in [5, 5.41) is 4.16. The molecule has 24 heavy (non-hydrogen) atoms. The van der Waals surface area contributed by atoms with Gasteiger partial charge in [0.05, 0.1) is 18.4 Å². The molecule has 0 unspecified atom stereocenters. The van der Waals surface area contributed by atoms with Crippen LogP contribution < -0.4 is 19.6 Å². The number of methoxy groups -OCH3 is 1. The first-order valence-electron chi connectivity index (χ1n) is 7.56. The number of nitrogens with zero attached hydrogens (tertiary/aromatic N) is 1. The summed E-state index contributed by atoms with van der Waals surface area (Å²) in [4.78, 5) is 12.2. The molecule has 2 aromatic rings. The molecule has 1 N–H and O–H groups in total. The number of nitrogens with one attached hydrogen (secondary N) is 1. The lowest BCUT2D eigenvalue weighted by Crippen LogP contribution is -2.20. The van der Waals surface area contributed by atoms with Gasteiger partial charge in [0.25, 0.3) is 5.91 Å². The Kier molecular flexibility index (Phi) is 4.65. The zero-order chi connectivity index (χ0) is 16.9. The van der Waals surface area contributed by atoms with E-state index in [9.17, 15) is 4.79 Å². The summed E-state index contributed by atoms with van der Waals surface area (Å²) in [5.41, 5.74) is 4.49. The molecule has 0 radical (unpaired) electrons. The summed E-state index contributed by atoms with van der Waals surface area (Å²) in [6.07, 6.45) is 0. The van der Waals surface area contributed by atoms with Crippen LogP contribution in [0.3, 0.4) is 0 Å². The lowest BCUT2D eigenvalue weighted by atomic mass is 10.1. The highest BCUT2D eigenvalue weighted by Crippen LogP contribution is 2.30. The fourth-order valence-electron chi connectivity index (χ4n) is 2.36. The van der Waals surface area contributed by atoms with Crippen LogP contribution in [0, 0.1) is 0 Å². The van der Waals surface area contributed by atoms with Crippen molar-refractivity contribution in [2.24, 2.45) is 5.10 Å². The molecule has 0 bridgehead atoms. The number of fused-ring (bicyclic) bond motifs is 1. The minimum absolute atomic E-state index is 0.329. The Labute approximate surface area is 140 Å². The summed E-state index contributed by atoms with van der Waals surface area (Å²) < 4.78 is 16.2. The molecule has 0 saturated carbocycles. The molecule has 0 fully saturated rings. The molecule has 2 aromatic carbocycles. The van der Waals surface area contributed by atoms with E-state index in [0.29, 0.717) is 36.0 Å². The van der Waals surface area contributed by atoms with Gasteiger partial charge in [-0.1, -0.05) is 12.1 Å². The average molecular weight is 326 g/mol. The van der Waals surface area contributed by atoms with E-state index in [0.717, 1.165) is 11.3 Å². The fraction of sp³-hybridized carbons (Fsp3) is 0.222. The normalized spacial score (nSPS) is 13.3. The van der Waals surface area contributed by atoms with Crippen LogP contribution in [0.4, 0.5) is 0 Å². The first kappa shape index (κ1) is 15.9. The Bertz CT molecular complexity index is 786. The quantitative estimate of drug-likeness (QED) is 0.693. The first-order valence-corrected chi connectivity index (χ1v) is 7.56. The molecule has 0 aromatic heterocycles. The Morgan fingerprint density at radius 2 is 1.88 bits per heavy atom. The van der Waals surface area contributed by atoms with Crippen molar-refractivity contribution in [3.8, 4) is 17.2 Å². The molecule has 1 aliphatic heterocycles. The second-order valence-electron chi connectivity index (χ2n) is 5.20. The fourth-order valence-corrected chi connectivity index (χ4v) is 2.36. The maximum Gasteiger partial charge on any atom is 0.275 e. The van der Waals surface area contributed by atoms with Gasteiger partial charge < -0.3 is 14.2 Å². The highest BCUT2D eigenvalue weighted by Gasteiger charge is 2.14. The van der Waals surface area contributed by atoms with Crippen LogP contribution in [-0.2, 0) is 0 Å². The van der Waals surface area contributed by atoms with Crippen molar-refractivity contribution in [1.29, 1.82) is 0 Å². The highest BCUT2D eigenvalue weighted by atomic mass is 16.6. The van der Waals surface area contributed by atoms with Gasteiger partial charge in [-0.05, 0) is 37.3 Å². The van der Waals surface area contributed by atoms with E-state index in [1.165, 1.54) is 7.11 Å². The van der Waals surface area contributed by atoms with Crippen LogP contribution in [0.25, 0.3) is 0 Å². The number of hydrazone groups is 1. The largest absolute Gasteiger partial charge is 0.496 e. The molecule has 0 spiro atoms. The van der Waals surface area contributed by atoms with E-state index in [-0.39, 0.29) is 5.91 Å². The van der Waals surface area contributed by atoms with E-state index in [2.05, 4.69) is 10.5 Å². The predicted octanol–water partition coefficient (Wildman–Crippen LogP) is 2.62. The third kappa shape index (κ3) is 3.32. The molecule has 1 heterocycles. The second-order valence-corrected chi connectivity index (χ2v) is 5.20. The van der Waals surface area contributed by atoms with E-state index in [1.807, 2.05) is 25.1 Å². The van der Waals surface area contributed by atoms with Crippen molar-refractivity contribution >= 4 is 11.6 Å². The molecule has 3 rings (SSSR count).